The number of hydrogen-bond acceptors (Lipinski definition) is 6. The van der Waals surface area contributed by atoms with E-state index in [0.717, 1.165) is 17.0 Å². The molecule has 2 heterocycles. The van der Waals surface area contributed by atoms with Crippen LogP contribution in [0.1, 0.15) is 6.92 Å². The van der Waals surface area contributed by atoms with Crippen LogP contribution in [0.25, 0.3) is 11.3 Å². The van der Waals surface area contributed by atoms with Crippen molar-refractivity contribution in [3.8, 4) is 28.5 Å². The van der Waals surface area contributed by atoms with Crippen LogP contribution in [-0.2, 0) is 4.79 Å². The maximum Gasteiger partial charge on any atom is 0.266 e. The first-order valence-corrected chi connectivity index (χ1v) is 9.43. The van der Waals surface area contributed by atoms with Crippen molar-refractivity contribution in [1.29, 1.82) is 0 Å². The standard InChI is InChI=1S/C19H15ClN2O4S/c1-11(26-14-5-3-13(20)4-6-14)18(23)22-19-21-15(9-27-19)12-2-7-16-17(8-12)25-10-24-16/h2-9,11H,10H2,1H3,(H,21,22,23). The highest BCUT2D eigenvalue weighted by Gasteiger charge is 2.18. The van der Waals surface area contributed by atoms with Crippen LogP contribution < -0.4 is 19.5 Å². The Morgan fingerprint density at radius 2 is 2.00 bits per heavy atom. The predicted molar refractivity (Wildman–Crippen MR) is 104 cm³/mol. The molecular formula is C19H15ClN2O4S. The van der Waals surface area contributed by atoms with Crippen molar-refractivity contribution in [2.75, 3.05) is 12.1 Å². The zero-order valence-corrected chi connectivity index (χ0v) is 15.8. The zero-order chi connectivity index (χ0) is 18.8. The SMILES string of the molecule is CC(Oc1ccc(Cl)cc1)C(=O)Nc1nc(-c2ccc3c(c2)OCO3)cs1. The summed E-state index contributed by atoms with van der Waals surface area (Å²) in [6.45, 7) is 1.90. The maximum absolute atomic E-state index is 12.4. The molecule has 1 unspecified atom stereocenters. The lowest BCUT2D eigenvalue weighted by Gasteiger charge is -2.13. The summed E-state index contributed by atoms with van der Waals surface area (Å²) in [5.41, 5.74) is 1.64. The fraction of sp³-hybridized carbons (Fsp3) is 0.158. The molecule has 4 rings (SSSR count). The average molecular weight is 403 g/mol. The molecule has 3 aromatic rings. The summed E-state index contributed by atoms with van der Waals surface area (Å²) in [5, 5.41) is 5.76. The number of carbonyl (C=O) groups excluding carboxylic acids is 1. The van der Waals surface area contributed by atoms with Crippen LogP contribution in [-0.4, -0.2) is 23.8 Å². The lowest BCUT2D eigenvalue weighted by atomic mass is 10.1. The molecule has 0 fully saturated rings. The van der Waals surface area contributed by atoms with E-state index >= 15 is 0 Å². The van der Waals surface area contributed by atoms with E-state index in [4.69, 9.17) is 25.8 Å². The van der Waals surface area contributed by atoms with Gasteiger partial charge in [0.05, 0.1) is 5.69 Å². The maximum atomic E-state index is 12.4. The Hall–Kier alpha value is -2.77. The van der Waals surface area contributed by atoms with E-state index in [-0.39, 0.29) is 12.7 Å². The van der Waals surface area contributed by atoms with Crippen LogP contribution in [0.3, 0.4) is 0 Å². The highest BCUT2D eigenvalue weighted by atomic mass is 35.5. The van der Waals surface area contributed by atoms with Crippen molar-refractivity contribution in [3.05, 3.63) is 52.9 Å². The topological polar surface area (TPSA) is 69.7 Å². The van der Waals surface area contributed by atoms with Crippen molar-refractivity contribution < 1.29 is 19.0 Å². The van der Waals surface area contributed by atoms with E-state index < -0.39 is 6.10 Å². The summed E-state index contributed by atoms with van der Waals surface area (Å²) in [7, 11) is 0. The number of nitrogens with zero attached hydrogens (tertiary/aromatic N) is 1. The number of aromatic nitrogens is 1. The quantitative estimate of drug-likeness (QED) is 0.675. The molecule has 1 N–H and O–H groups in total. The number of hydrogen-bond donors (Lipinski definition) is 1. The second-order valence-corrected chi connectivity index (χ2v) is 7.10. The van der Waals surface area contributed by atoms with E-state index in [1.54, 1.807) is 31.2 Å². The number of nitrogens with one attached hydrogen (secondary N) is 1. The average Bonchev–Trinajstić information content (AvgIpc) is 3.32. The highest BCUT2D eigenvalue weighted by molar-refractivity contribution is 7.14. The molecule has 1 atom stereocenters. The number of carbonyl (C=O) groups is 1. The summed E-state index contributed by atoms with van der Waals surface area (Å²) < 4.78 is 16.3. The summed E-state index contributed by atoms with van der Waals surface area (Å²) in [6.07, 6.45) is -0.677. The van der Waals surface area contributed by atoms with Crippen LogP contribution in [0.2, 0.25) is 5.02 Å². The van der Waals surface area contributed by atoms with Gasteiger partial charge in [-0.05, 0) is 49.4 Å². The minimum atomic E-state index is -0.677. The van der Waals surface area contributed by atoms with Gasteiger partial charge in [0, 0.05) is 16.0 Å². The summed E-state index contributed by atoms with van der Waals surface area (Å²) in [6, 6.07) is 12.5. The summed E-state index contributed by atoms with van der Waals surface area (Å²) in [5.74, 6) is 1.70. The molecule has 2 aromatic carbocycles. The smallest absolute Gasteiger partial charge is 0.266 e. The Balaban J connectivity index is 1.41. The van der Waals surface area contributed by atoms with Gasteiger partial charge in [-0.15, -0.1) is 11.3 Å². The van der Waals surface area contributed by atoms with Gasteiger partial charge in [0.15, 0.2) is 22.7 Å². The molecule has 27 heavy (non-hydrogen) atoms. The minimum Gasteiger partial charge on any atom is -0.481 e. The van der Waals surface area contributed by atoms with Crippen molar-refractivity contribution in [3.63, 3.8) is 0 Å². The Labute approximate surface area is 164 Å². The summed E-state index contributed by atoms with van der Waals surface area (Å²) >= 11 is 7.19. The number of benzene rings is 2. The number of anilines is 1. The number of ether oxygens (including phenoxy) is 3. The lowest BCUT2D eigenvalue weighted by molar-refractivity contribution is -0.122. The first-order valence-electron chi connectivity index (χ1n) is 8.17. The highest BCUT2D eigenvalue weighted by Crippen LogP contribution is 2.36. The van der Waals surface area contributed by atoms with Crippen LogP contribution in [0.4, 0.5) is 5.13 Å². The molecule has 1 aliphatic heterocycles. The van der Waals surface area contributed by atoms with Crippen LogP contribution >= 0.6 is 22.9 Å². The first kappa shape index (κ1) is 17.6. The van der Waals surface area contributed by atoms with Crippen molar-refractivity contribution in [1.82, 2.24) is 4.98 Å². The van der Waals surface area contributed by atoms with E-state index in [9.17, 15) is 4.79 Å². The van der Waals surface area contributed by atoms with E-state index in [0.29, 0.717) is 21.7 Å². The number of rotatable bonds is 5. The third-order valence-electron chi connectivity index (χ3n) is 3.90. The van der Waals surface area contributed by atoms with Gasteiger partial charge in [-0.3, -0.25) is 10.1 Å². The molecule has 0 bridgehead atoms. The van der Waals surface area contributed by atoms with Gasteiger partial charge in [0.2, 0.25) is 6.79 Å². The van der Waals surface area contributed by atoms with Crippen LogP contribution in [0.5, 0.6) is 17.2 Å². The van der Waals surface area contributed by atoms with Gasteiger partial charge >= 0.3 is 0 Å². The second kappa shape index (κ2) is 7.46. The molecule has 138 valence electrons. The normalized spacial score (nSPS) is 13.3. The van der Waals surface area contributed by atoms with E-state index in [1.165, 1.54) is 11.3 Å². The van der Waals surface area contributed by atoms with Gasteiger partial charge in [0.1, 0.15) is 5.75 Å². The van der Waals surface area contributed by atoms with Gasteiger partial charge in [-0.1, -0.05) is 11.6 Å². The van der Waals surface area contributed by atoms with Crippen LogP contribution in [0.15, 0.2) is 47.8 Å². The van der Waals surface area contributed by atoms with Gasteiger partial charge < -0.3 is 14.2 Å². The zero-order valence-electron chi connectivity index (χ0n) is 14.3. The lowest BCUT2D eigenvalue weighted by Crippen LogP contribution is -2.30. The Morgan fingerprint density at radius 3 is 2.81 bits per heavy atom. The molecule has 8 heteroatoms. The van der Waals surface area contributed by atoms with Gasteiger partial charge in [0.25, 0.3) is 5.91 Å². The van der Waals surface area contributed by atoms with Gasteiger partial charge in [-0.25, -0.2) is 4.98 Å². The van der Waals surface area contributed by atoms with Crippen molar-refractivity contribution in [2.45, 2.75) is 13.0 Å². The van der Waals surface area contributed by atoms with Gasteiger partial charge in [-0.2, -0.15) is 0 Å². The van der Waals surface area contributed by atoms with Crippen molar-refractivity contribution in [2.24, 2.45) is 0 Å². The van der Waals surface area contributed by atoms with E-state index in [2.05, 4.69) is 10.3 Å². The van der Waals surface area contributed by atoms with E-state index in [1.807, 2.05) is 23.6 Å². The molecule has 1 amide bonds. The predicted octanol–water partition coefficient (Wildman–Crippen LogP) is 4.60. The van der Waals surface area contributed by atoms with Crippen LogP contribution in [0, 0.1) is 0 Å². The van der Waals surface area contributed by atoms with Crippen molar-refractivity contribution >= 4 is 34.0 Å². The number of thiazole rings is 1. The number of fused-ring (bicyclic) bond motifs is 1. The Morgan fingerprint density at radius 1 is 1.22 bits per heavy atom. The number of halogens is 1. The molecule has 1 aliphatic rings. The molecule has 1 aromatic heterocycles. The molecule has 0 spiro atoms. The molecule has 0 aliphatic carbocycles. The monoisotopic (exact) mass is 402 g/mol. The third kappa shape index (κ3) is 3.99. The Kier molecular flexibility index (Phi) is 4.87. The molecular weight excluding hydrogens is 388 g/mol. The fourth-order valence-corrected chi connectivity index (χ4v) is 3.35. The second-order valence-electron chi connectivity index (χ2n) is 5.81. The molecule has 0 saturated heterocycles. The first-order chi connectivity index (χ1) is 13.1. The number of amides is 1. The third-order valence-corrected chi connectivity index (χ3v) is 4.91. The fourth-order valence-electron chi connectivity index (χ4n) is 2.50. The molecule has 0 radical (unpaired) electrons. The largest absolute Gasteiger partial charge is 0.481 e. The minimum absolute atomic E-state index is 0.225. The Bertz CT molecular complexity index is 974. The summed E-state index contributed by atoms with van der Waals surface area (Å²) in [4.78, 5) is 16.8. The molecule has 6 nitrogen and oxygen atoms in total. The molecule has 0 saturated carbocycles.